The van der Waals surface area contributed by atoms with Gasteiger partial charge in [-0.2, -0.15) is 0 Å². The first kappa shape index (κ1) is 24.0. The molecular weight excluding hydrogens is 460 g/mol. The van der Waals surface area contributed by atoms with Gasteiger partial charge in [0.25, 0.3) is 5.56 Å². The van der Waals surface area contributed by atoms with Crippen LogP contribution in [0.5, 0.6) is 0 Å². The Bertz CT molecular complexity index is 1270. The smallest absolute Gasteiger partial charge is 0.262 e. The second kappa shape index (κ2) is 10.5. The van der Waals surface area contributed by atoms with Gasteiger partial charge in [-0.1, -0.05) is 42.1 Å². The molecule has 2 aromatic carbocycles. The molecule has 0 aliphatic carbocycles. The van der Waals surface area contributed by atoms with E-state index in [1.807, 2.05) is 54.3 Å². The summed E-state index contributed by atoms with van der Waals surface area (Å²) in [6, 6.07) is 15.7. The zero-order valence-corrected chi connectivity index (χ0v) is 21.2. The Labute approximate surface area is 210 Å². The Morgan fingerprint density at radius 1 is 1.11 bits per heavy atom. The quantitative estimate of drug-likeness (QED) is 0.371. The molecule has 3 aromatic rings. The van der Waals surface area contributed by atoms with Gasteiger partial charge in [-0.05, 0) is 50.5 Å². The molecule has 0 radical (unpaired) electrons. The van der Waals surface area contributed by atoms with Crippen molar-refractivity contribution in [2.24, 2.45) is 0 Å². The van der Waals surface area contributed by atoms with Gasteiger partial charge in [-0.25, -0.2) is 4.98 Å². The number of para-hydroxylation sites is 2. The van der Waals surface area contributed by atoms with Crippen LogP contribution in [0.2, 0.25) is 0 Å². The fourth-order valence-corrected chi connectivity index (χ4v) is 6.00. The van der Waals surface area contributed by atoms with E-state index in [2.05, 4.69) is 17.9 Å². The normalized spacial score (nSPS) is 19.1. The number of rotatable bonds is 7. The first-order chi connectivity index (χ1) is 17.0. The van der Waals surface area contributed by atoms with Crippen LogP contribution in [0.25, 0.3) is 10.9 Å². The largest absolute Gasteiger partial charge is 0.379 e. The third kappa shape index (κ3) is 5.01. The van der Waals surface area contributed by atoms with Crippen molar-refractivity contribution in [3.63, 3.8) is 0 Å². The highest BCUT2D eigenvalue weighted by Crippen LogP contribution is 2.34. The lowest BCUT2D eigenvalue weighted by Crippen LogP contribution is -2.40. The third-order valence-corrected chi connectivity index (χ3v) is 7.94. The highest BCUT2D eigenvalue weighted by atomic mass is 32.2. The van der Waals surface area contributed by atoms with E-state index in [-0.39, 0.29) is 22.8 Å². The van der Waals surface area contributed by atoms with Gasteiger partial charge in [-0.15, -0.1) is 0 Å². The van der Waals surface area contributed by atoms with E-state index in [1.165, 1.54) is 17.3 Å². The molecule has 5 rings (SSSR count). The number of aromatic nitrogens is 2. The molecule has 2 aliphatic rings. The fraction of sp³-hybridized carbons (Fsp3) is 0.444. The summed E-state index contributed by atoms with van der Waals surface area (Å²) in [7, 11) is 0. The molecule has 0 N–H and O–H groups in total. The minimum absolute atomic E-state index is 0.0420. The second-order valence-corrected chi connectivity index (χ2v) is 10.6. The van der Waals surface area contributed by atoms with Crippen molar-refractivity contribution >= 4 is 34.3 Å². The van der Waals surface area contributed by atoms with Gasteiger partial charge in [0.05, 0.1) is 29.4 Å². The molecule has 2 aliphatic heterocycles. The summed E-state index contributed by atoms with van der Waals surface area (Å²) >= 11 is 1.38. The molecule has 0 saturated carbocycles. The summed E-state index contributed by atoms with van der Waals surface area (Å²) in [6.45, 7) is 8.85. The molecule has 1 aromatic heterocycles. The summed E-state index contributed by atoms with van der Waals surface area (Å²) in [5.41, 5.74) is 2.82. The molecule has 3 heterocycles. The Morgan fingerprint density at radius 3 is 2.69 bits per heavy atom. The summed E-state index contributed by atoms with van der Waals surface area (Å²) in [5.74, 6) is 0.0507. The van der Waals surface area contributed by atoms with Crippen LogP contribution in [-0.2, 0) is 22.5 Å². The third-order valence-electron chi connectivity index (χ3n) is 6.86. The van der Waals surface area contributed by atoms with E-state index in [1.54, 1.807) is 4.57 Å². The number of thioether (sulfide) groups is 1. The molecule has 1 amide bonds. The summed E-state index contributed by atoms with van der Waals surface area (Å²) in [5, 5.41) is 0.850. The van der Waals surface area contributed by atoms with Crippen molar-refractivity contribution in [3.8, 4) is 0 Å². The molecular formula is C27H32N4O3S. The Kier molecular flexibility index (Phi) is 7.22. The maximum absolute atomic E-state index is 13.6. The van der Waals surface area contributed by atoms with Crippen LogP contribution < -0.4 is 10.5 Å². The zero-order chi connectivity index (χ0) is 24.4. The number of carbonyl (C=O) groups is 1. The molecule has 0 spiro atoms. The number of ether oxygens (including phenoxy) is 1. The molecule has 7 nitrogen and oxygen atoms in total. The van der Waals surface area contributed by atoms with E-state index < -0.39 is 0 Å². The minimum Gasteiger partial charge on any atom is -0.379 e. The average Bonchev–Trinajstić information content (AvgIpc) is 3.21. The number of benzene rings is 2. The van der Waals surface area contributed by atoms with Crippen LogP contribution in [0.3, 0.4) is 0 Å². The first-order valence-electron chi connectivity index (χ1n) is 12.4. The van der Waals surface area contributed by atoms with Crippen molar-refractivity contribution in [2.75, 3.05) is 37.7 Å². The van der Waals surface area contributed by atoms with E-state index in [4.69, 9.17) is 9.72 Å². The number of nitrogens with zero attached hydrogens (tertiary/aromatic N) is 4. The lowest BCUT2D eigenvalue weighted by molar-refractivity contribution is -0.118. The molecule has 0 bridgehead atoms. The molecule has 8 heteroatoms. The van der Waals surface area contributed by atoms with E-state index in [9.17, 15) is 9.59 Å². The number of fused-ring (bicyclic) bond motifs is 2. The number of anilines is 1. The van der Waals surface area contributed by atoms with Gasteiger partial charge in [0.1, 0.15) is 0 Å². The minimum atomic E-state index is -0.373. The highest BCUT2D eigenvalue weighted by molar-refractivity contribution is 8.00. The highest BCUT2D eigenvalue weighted by Gasteiger charge is 2.34. The molecule has 1 saturated heterocycles. The summed E-state index contributed by atoms with van der Waals surface area (Å²) in [4.78, 5) is 36.1. The van der Waals surface area contributed by atoms with Crippen molar-refractivity contribution in [1.82, 2.24) is 14.5 Å². The average molecular weight is 493 g/mol. The van der Waals surface area contributed by atoms with Crippen molar-refractivity contribution < 1.29 is 9.53 Å². The molecule has 1 fully saturated rings. The van der Waals surface area contributed by atoms with Gasteiger partial charge < -0.3 is 9.64 Å². The number of carbonyl (C=O) groups excluding carboxylic acids is 1. The van der Waals surface area contributed by atoms with Gasteiger partial charge in [-0.3, -0.25) is 19.1 Å². The van der Waals surface area contributed by atoms with Crippen molar-refractivity contribution in [1.29, 1.82) is 0 Å². The van der Waals surface area contributed by atoms with Crippen LogP contribution in [0.15, 0.2) is 58.5 Å². The van der Waals surface area contributed by atoms with Crippen LogP contribution in [-0.4, -0.2) is 64.5 Å². The van der Waals surface area contributed by atoms with Gasteiger partial charge >= 0.3 is 0 Å². The SMILES string of the molecule is C[C@@H](Sc1nc2ccccc2c(=O)n1CCCN1CCOCC1)C(=O)N1c2ccccc2C[C@@H]1C. The van der Waals surface area contributed by atoms with Gasteiger partial charge in [0, 0.05) is 37.9 Å². The second-order valence-electron chi connectivity index (χ2n) is 9.33. The fourth-order valence-electron chi connectivity index (χ4n) is 5.02. The maximum Gasteiger partial charge on any atom is 0.262 e. The van der Waals surface area contributed by atoms with Crippen molar-refractivity contribution in [2.45, 2.75) is 49.7 Å². The van der Waals surface area contributed by atoms with Crippen molar-refractivity contribution in [3.05, 3.63) is 64.4 Å². The van der Waals surface area contributed by atoms with Gasteiger partial charge in [0.2, 0.25) is 5.91 Å². The van der Waals surface area contributed by atoms with Gasteiger partial charge in [0.15, 0.2) is 5.16 Å². The van der Waals surface area contributed by atoms with E-state index >= 15 is 0 Å². The summed E-state index contributed by atoms with van der Waals surface area (Å²) < 4.78 is 7.20. The Hall–Kier alpha value is -2.68. The topological polar surface area (TPSA) is 67.7 Å². The number of hydrogen-bond donors (Lipinski definition) is 0. The van der Waals surface area contributed by atoms with Crippen LogP contribution in [0.1, 0.15) is 25.8 Å². The zero-order valence-electron chi connectivity index (χ0n) is 20.4. The number of hydrogen-bond acceptors (Lipinski definition) is 6. The standard InChI is InChI=1S/C27H32N4O3S/c1-19-18-21-8-3-6-11-24(21)31(19)25(32)20(2)35-27-28-23-10-5-4-9-22(23)26(33)30(27)13-7-12-29-14-16-34-17-15-29/h3-6,8-11,19-20H,7,12-18H2,1-2H3/t19-,20+/m0/s1. The number of morpholine rings is 1. The lowest BCUT2D eigenvalue weighted by Gasteiger charge is -2.27. The summed E-state index contributed by atoms with van der Waals surface area (Å²) in [6.07, 6.45) is 1.70. The molecule has 0 unspecified atom stereocenters. The molecule has 184 valence electrons. The monoisotopic (exact) mass is 492 g/mol. The predicted octanol–water partition coefficient (Wildman–Crippen LogP) is 3.58. The first-order valence-corrected chi connectivity index (χ1v) is 13.3. The number of amides is 1. The lowest BCUT2D eigenvalue weighted by atomic mass is 10.1. The van der Waals surface area contributed by atoms with E-state index in [0.29, 0.717) is 22.6 Å². The Balaban J connectivity index is 1.39. The van der Waals surface area contributed by atoms with Crippen LogP contribution in [0, 0.1) is 0 Å². The maximum atomic E-state index is 13.6. The van der Waals surface area contributed by atoms with Crippen LogP contribution >= 0.6 is 11.8 Å². The molecule has 35 heavy (non-hydrogen) atoms. The van der Waals surface area contributed by atoms with Crippen LogP contribution in [0.4, 0.5) is 5.69 Å². The Morgan fingerprint density at radius 2 is 1.86 bits per heavy atom. The molecule has 2 atom stereocenters. The van der Waals surface area contributed by atoms with E-state index in [0.717, 1.165) is 51.4 Å². The predicted molar refractivity (Wildman–Crippen MR) is 140 cm³/mol.